The molecule has 0 unspecified atom stereocenters. The molecule has 0 spiro atoms. The van der Waals surface area contributed by atoms with Gasteiger partial charge < -0.3 is 10.4 Å². The van der Waals surface area contributed by atoms with Gasteiger partial charge in [-0.05, 0) is 6.08 Å². The number of allylic oxidation sites excluding steroid dienone is 1. The molecular weight excluding hydrogens is 164 g/mol. The molecule has 1 heterocycles. The van der Waals surface area contributed by atoms with Crippen molar-refractivity contribution in [3.63, 3.8) is 0 Å². The van der Waals surface area contributed by atoms with Crippen molar-refractivity contribution in [1.82, 2.24) is 0 Å². The third-order valence-electron chi connectivity index (χ3n) is 0.567. The van der Waals surface area contributed by atoms with E-state index in [2.05, 4.69) is 5.10 Å². The summed E-state index contributed by atoms with van der Waals surface area (Å²) >= 11 is 0.568. The van der Waals surface area contributed by atoms with Gasteiger partial charge in [-0.1, -0.05) is 5.10 Å². The summed E-state index contributed by atoms with van der Waals surface area (Å²) in [6, 6.07) is 0. The molecule has 0 aliphatic carbocycles. The lowest BCUT2D eigenvalue weighted by Gasteiger charge is -2.35. The van der Waals surface area contributed by atoms with Gasteiger partial charge in [-0.15, -0.1) is 12.4 Å². The van der Waals surface area contributed by atoms with Gasteiger partial charge >= 0.3 is 0 Å². The Kier molecular flexibility index (Phi) is 3.16. The number of rotatable bonds is 0. The highest BCUT2D eigenvalue weighted by atomic mass is 35.5. The Morgan fingerprint density at radius 1 is 1.44 bits per heavy atom. The Bertz CT molecular complexity index is 147. The van der Waals surface area contributed by atoms with Crippen LogP contribution in [-0.2, 0) is 0 Å². The summed E-state index contributed by atoms with van der Waals surface area (Å²) < 4.78 is -1.85. The molecule has 0 radical (unpaired) electrons. The smallest absolute Gasteiger partial charge is 0.135 e. The monoisotopic (exact) mass is 167 g/mol. The zero-order valence-electron chi connectivity index (χ0n) is 4.26. The van der Waals surface area contributed by atoms with E-state index in [1.165, 1.54) is 17.7 Å². The van der Waals surface area contributed by atoms with Gasteiger partial charge in [0.25, 0.3) is 0 Å². The first-order valence-corrected chi connectivity index (χ1v) is 2.74. The quantitative estimate of drug-likeness (QED) is 0.311. The molecule has 0 aromatic heterocycles. The molecule has 0 bridgehead atoms. The van der Waals surface area contributed by atoms with Crippen LogP contribution >= 0.6 is 24.4 Å². The van der Waals surface area contributed by atoms with Gasteiger partial charge in [-0.3, -0.25) is 0 Å². The molecule has 9 heavy (non-hydrogen) atoms. The van der Waals surface area contributed by atoms with Crippen molar-refractivity contribution in [2.45, 2.75) is 0 Å². The van der Waals surface area contributed by atoms with Crippen molar-refractivity contribution >= 4 is 30.6 Å². The van der Waals surface area contributed by atoms with E-state index >= 15 is 0 Å². The maximum Gasteiger partial charge on any atom is 0.135 e. The lowest BCUT2D eigenvalue weighted by Crippen LogP contribution is -2.19. The molecule has 0 fully saturated rings. The predicted octanol–water partition coefficient (Wildman–Crippen LogP) is 1.38. The second-order valence-corrected chi connectivity index (χ2v) is 2.11. The highest BCUT2D eigenvalue weighted by Crippen LogP contribution is 2.22. The third kappa shape index (κ3) is 2.83. The van der Waals surface area contributed by atoms with E-state index in [1.54, 1.807) is 0 Å². The lowest BCUT2D eigenvalue weighted by atomic mass is 10.7. The van der Waals surface area contributed by atoms with Crippen molar-refractivity contribution in [1.29, 1.82) is 0 Å². The number of quaternary nitrogens is 1. The molecule has 1 rings (SSSR count). The van der Waals surface area contributed by atoms with Crippen LogP contribution in [0.1, 0.15) is 0 Å². The summed E-state index contributed by atoms with van der Waals surface area (Å²) in [5, 5.41) is 24.9. The van der Waals surface area contributed by atoms with Crippen LogP contribution in [0.4, 0.5) is 0 Å². The van der Waals surface area contributed by atoms with Crippen molar-refractivity contribution in [2.75, 3.05) is 0 Å². The minimum Gasteiger partial charge on any atom is -0.591 e. The summed E-state index contributed by atoms with van der Waals surface area (Å²) in [6.45, 7) is 0. The first kappa shape index (κ1) is 8.93. The molecule has 0 aromatic carbocycles. The molecule has 6 heteroatoms. The van der Waals surface area contributed by atoms with E-state index in [1.807, 2.05) is 0 Å². The zero-order chi connectivity index (χ0) is 6.04. The van der Waals surface area contributed by atoms with E-state index in [4.69, 9.17) is 0 Å². The fraction of sp³-hybridized carbons (Fsp3) is 0. The Balaban J connectivity index is 0.000000640. The van der Waals surface area contributed by atoms with E-state index < -0.39 is 4.32 Å². The summed E-state index contributed by atoms with van der Waals surface area (Å²) in [5.41, 5.74) is 0. The molecule has 0 amide bonds. The van der Waals surface area contributed by atoms with Crippen LogP contribution < -0.4 is 0 Å². The number of halogens is 1. The summed E-state index contributed by atoms with van der Waals surface area (Å²) in [5.74, 6) is 0. The topological polar surface area (TPSA) is 58.5 Å². The molecule has 1 aliphatic rings. The SMILES string of the molecule is Cl.[O-][N+]1([O-])N=CC=CS1. The van der Waals surface area contributed by atoms with E-state index in [0.29, 0.717) is 11.9 Å². The maximum atomic E-state index is 10.2. The van der Waals surface area contributed by atoms with Gasteiger partial charge in [0.05, 0.1) is 6.21 Å². The standard InChI is InChI=1S/C3H3N2O2S.ClH/c6-5(7)4-2-1-3-8-5;/h1-3H;1H/q-1;. The fourth-order valence-corrected chi connectivity index (χ4v) is 0.698. The average molecular weight is 168 g/mol. The second-order valence-electron chi connectivity index (χ2n) is 1.17. The molecule has 0 saturated heterocycles. The van der Waals surface area contributed by atoms with E-state index in [9.17, 15) is 10.4 Å². The molecule has 0 atom stereocenters. The molecule has 0 N–H and O–H groups in total. The predicted molar refractivity (Wildman–Crippen MR) is 39.5 cm³/mol. The normalized spacial score (nSPS) is 21.1. The van der Waals surface area contributed by atoms with Crippen LogP contribution in [0.3, 0.4) is 0 Å². The first-order chi connectivity index (χ1) is 3.71. The van der Waals surface area contributed by atoms with Crippen molar-refractivity contribution in [3.05, 3.63) is 21.9 Å². The molecule has 1 aliphatic heterocycles. The summed E-state index contributed by atoms with van der Waals surface area (Å²) in [7, 11) is 0. The van der Waals surface area contributed by atoms with Gasteiger partial charge in [0.1, 0.15) is 11.9 Å². The van der Waals surface area contributed by atoms with Crippen LogP contribution in [0.25, 0.3) is 0 Å². The van der Waals surface area contributed by atoms with E-state index in [0.717, 1.165) is 0 Å². The lowest BCUT2D eigenvalue weighted by molar-refractivity contribution is -0.688. The molecule has 4 nitrogen and oxygen atoms in total. The highest BCUT2D eigenvalue weighted by molar-refractivity contribution is 7.96. The van der Waals surface area contributed by atoms with E-state index in [-0.39, 0.29) is 12.4 Å². The van der Waals surface area contributed by atoms with Gasteiger partial charge in [0.15, 0.2) is 0 Å². The minimum atomic E-state index is -1.85. The Morgan fingerprint density at radius 2 is 2.11 bits per heavy atom. The first-order valence-electron chi connectivity index (χ1n) is 1.91. The van der Waals surface area contributed by atoms with Gasteiger partial charge in [-0.2, -0.15) is 4.32 Å². The van der Waals surface area contributed by atoms with Crippen LogP contribution in [0.2, 0.25) is 0 Å². The van der Waals surface area contributed by atoms with Crippen LogP contribution in [0.15, 0.2) is 16.6 Å². The Hall–Kier alpha value is -0.0700. The maximum absolute atomic E-state index is 10.2. The highest BCUT2D eigenvalue weighted by Gasteiger charge is 2.02. The molecule has 0 aromatic rings. The van der Waals surface area contributed by atoms with Crippen molar-refractivity contribution < 1.29 is 4.32 Å². The minimum absolute atomic E-state index is 0. The zero-order valence-corrected chi connectivity index (χ0v) is 5.89. The largest absolute Gasteiger partial charge is 0.591 e. The fourth-order valence-electron chi connectivity index (χ4n) is 0.295. The summed E-state index contributed by atoms with van der Waals surface area (Å²) in [4.78, 5) is 0. The van der Waals surface area contributed by atoms with Crippen molar-refractivity contribution in [2.24, 2.45) is 5.10 Å². The number of hydrogen-bond acceptors (Lipinski definition) is 4. The van der Waals surface area contributed by atoms with Gasteiger partial charge in [0, 0.05) is 5.41 Å². The van der Waals surface area contributed by atoms with Crippen molar-refractivity contribution in [3.8, 4) is 0 Å². The third-order valence-corrected chi connectivity index (χ3v) is 1.21. The molecular formula is C3H4ClN2O2S-. The summed E-state index contributed by atoms with van der Waals surface area (Å²) in [6.07, 6.45) is 2.73. The van der Waals surface area contributed by atoms with Crippen LogP contribution in [0, 0.1) is 10.4 Å². The van der Waals surface area contributed by atoms with Crippen LogP contribution in [0.5, 0.6) is 0 Å². The molecule has 52 valence electrons. The van der Waals surface area contributed by atoms with Crippen LogP contribution in [-0.4, -0.2) is 10.5 Å². The Labute approximate surface area is 62.5 Å². The van der Waals surface area contributed by atoms with Gasteiger partial charge in [0.2, 0.25) is 0 Å². The second kappa shape index (κ2) is 3.19. The molecule has 0 saturated carbocycles. The number of hydrogen-bond donors (Lipinski definition) is 0. The Morgan fingerprint density at radius 3 is 2.33 bits per heavy atom. The van der Waals surface area contributed by atoms with Gasteiger partial charge in [-0.25, -0.2) is 0 Å². The number of nitrogens with zero attached hydrogens (tertiary/aromatic N) is 2. The average Bonchev–Trinajstić information content (AvgIpc) is 1.65.